The second-order valence-corrected chi connectivity index (χ2v) is 8.59. The van der Waals surface area contributed by atoms with Crippen molar-refractivity contribution in [3.8, 4) is 34.3 Å². The number of nitrogens with zero attached hydrogens (tertiary/aromatic N) is 5. The van der Waals surface area contributed by atoms with Gasteiger partial charge in [-0.05, 0) is 48.5 Å². The zero-order chi connectivity index (χ0) is 23.9. The Morgan fingerprint density at radius 3 is 2.66 bits per heavy atom. The highest BCUT2D eigenvalue weighted by molar-refractivity contribution is 7.15. The second kappa shape index (κ2) is 8.33. The summed E-state index contributed by atoms with van der Waals surface area (Å²) in [5.74, 6) is 0.468. The van der Waals surface area contributed by atoms with E-state index in [1.165, 1.54) is 35.3 Å². The van der Waals surface area contributed by atoms with Crippen molar-refractivity contribution in [2.45, 2.75) is 0 Å². The molecule has 0 bridgehead atoms. The van der Waals surface area contributed by atoms with Gasteiger partial charge in [0.2, 0.25) is 10.8 Å². The summed E-state index contributed by atoms with van der Waals surface area (Å²) in [6.07, 6.45) is 5.05. The fraction of sp³-hybridized carbons (Fsp3) is 0.0400. The molecular weight excluding hydrogens is 469 g/mol. The summed E-state index contributed by atoms with van der Waals surface area (Å²) in [6, 6.07) is 17.6. The van der Waals surface area contributed by atoms with Crippen LogP contribution in [0.2, 0.25) is 0 Å². The van der Waals surface area contributed by atoms with E-state index in [-0.39, 0.29) is 11.3 Å². The number of fused-ring (bicyclic) bond motifs is 1. The molecule has 0 fully saturated rings. The van der Waals surface area contributed by atoms with Crippen LogP contribution in [0.1, 0.15) is 5.56 Å². The summed E-state index contributed by atoms with van der Waals surface area (Å²) in [5, 5.41) is 8.98. The van der Waals surface area contributed by atoms with Crippen LogP contribution in [-0.4, -0.2) is 31.5 Å². The van der Waals surface area contributed by atoms with Crippen molar-refractivity contribution in [1.29, 1.82) is 0 Å². The number of halogens is 1. The van der Waals surface area contributed by atoms with Crippen LogP contribution in [0.15, 0.2) is 82.3 Å². The number of methoxy groups -OCH3 is 1. The van der Waals surface area contributed by atoms with Crippen LogP contribution in [0.4, 0.5) is 4.39 Å². The van der Waals surface area contributed by atoms with Crippen molar-refractivity contribution in [3.63, 3.8) is 0 Å². The van der Waals surface area contributed by atoms with Gasteiger partial charge in [0.05, 0.1) is 23.6 Å². The average molecular weight is 486 g/mol. The molecule has 0 aliphatic carbocycles. The highest BCUT2D eigenvalue weighted by atomic mass is 32.1. The number of aromatic nitrogens is 5. The molecule has 0 N–H and O–H groups in total. The zero-order valence-corrected chi connectivity index (χ0v) is 19.1. The molecule has 0 unspecified atom stereocenters. The van der Waals surface area contributed by atoms with Crippen LogP contribution in [0.3, 0.4) is 0 Å². The first-order chi connectivity index (χ1) is 17.1. The van der Waals surface area contributed by atoms with Crippen molar-refractivity contribution in [3.05, 3.63) is 99.4 Å². The molecule has 4 heterocycles. The van der Waals surface area contributed by atoms with Gasteiger partial charge in [0.15, 0.2) is 17.3 Å². The topological polar surface area (TPSA) is 87.4 Å². The standard InChI is InChI=1S/C25H16FN5O3S/c1-33-19-10-9-15(12-18(19)26)22-16(14-30(28-22)17-6-3-2-4-7-17)13-21-24(32)31-25(35-21)27-23(29-31)20-8-5-11-34-20/h2-14H,1H3/b21-13-. The number of hydrogen-bond donors (Lipinski definition) is 0. The molecule has 0 saturated carbocycles. The fourth-order valence-corrected chi connectivity index (χ4v) is 4.63. The van der Waals surface area contributed by atoms with Gasteiger partial charge in [-0.1, -0.05) is 29.5 Å². The van der Waals surface area contributed by atoms with Crippen molar-refractivity contribution in [2.75, 3.05) is 7.11 Å². The Balaban J connectivity index is 1.51. The number of furan rings is 1. The van der Waals surface area contributed by atoms with E-state index in [0.29, 0.717) is 37.9 Å². The number of ether oxygens (including phenoxy) is 1. The first-order valence-electron chi connectivity index (χ1n) is 10.5. The van der Waals surface area contributed by atoms with Crippen molar-refractivity contribution in [1.82, 2.24) is 24.4 Å². The third-order valence-corrected chi connectivity index (χ3v) is 6.36. The maximum atomic E-state index is 14.5. The van der Waals surface area contributed by atoms with Gasteiger partial charge < -0.3 is 9.15 Å². The molecule has 172 valence electrons. The predicted molar refractivity (Wildman–Crippen MR) is 129 cm³/mol. The summed E-state index contributed by atoms with van der Waals surface area (Å²) < 4.78 is 28.2. The van der Waals surface area contributed by atoms with Crippen LogP contribution in [0, 0.1) is 5.82 Å². The lowest BCUT2D eigenvalue weighted by Gasteiger charge is -2.04. The van der Waals surface area contributed by atoms with E-state index < -0.39 is 5.82 Å². The molecule has 0 saturated heterocycles. The highest BCUT2D eigenvalue weighted by Gasteiger charge is 2.17. The van der Waals surface area contributed by atoms with Gasteiger partial charge in [-0.15, -0.1) is 5.10 Å². The Hall–Kier alpha value is -4.57. The van der Waals surface area contributed by atoms with E-state index >= 15 is 0 Å². The Kier molecular flexibility index (Phi) is 5.00. The largest absolute Gasteiger partial charge is 0.494 e. The summed E-state index contributed by atoms with van der Waals surface area (Å²) in [7, 11) is 1.41. The molecule has 2 aromatic carbocycles. The molecule has 0 aliphatic rings. The predicted octanol–water partition coefficient (Wildman–Crippen LogP) is 3.96. The molecule has 6 rings (SSSR count). The van der Waals surface area contributed by atoms with Gasteiger partial charge in [-0.3, -0.25) is 4.79 Å². The Morgan fingerprint density at radius 2 is 1.94 bits per heavy atom. The van der Waals surface area contributed by atoms with E-state index in [2.05, 4.69) is 10.1 Å². The number of thiazole rings is 1. The number of para-hydroxylation sites is 1. The number of benzene rings is 2. The molecule has 10 heteroatoms. The second-order valence-electron chi connectivity index (χ2n) is 7.59. The minimum atomic E-state index is -0.501. The Labute approximate surface area is 201 Å². The molecule has 8 nitrogen and oxygen atoms in total. The monoisotopic (exact) mass is 485 g/mol. The lowest BCUT2D eigenvalue weighted by molar-refractivity contribution is 0.386. The van der Waals surface area contributed by atoms with Crippen LogP contribution >= 0.6 is 11.3 Å². The van der Waals surface area contributed by atoms with Gasteiger partial charge in [0, 0.05) is 17.3 Å². The van der Waals surface area contributed by atoms with Crippen molar-refractivity contribution in [2.24, 2.45) is 0 Å². The van der Waals surface area contributed by atoms with Gasteiger partial charge in [0.25, 0.3) is 5.56 Å². The highest BCUT2D eigenvalue weighted by Crippen LogP contribution is 2.28. The van der Waals surface area contributed by atoms with Crippen LogP contribution in [0.5, 0.6) is 5.75 Å². The lowest BCUT2D eigenvalue weighted by Crippen LogP contribution is -2.23. The number of hydrogen-bond acceptors (Lipinski definition) is 7. The van der Waals surface area contributed by atoms with E-state index in [1.807, 2.05) is 30.3 Å². The van der Waals surface area contributed by atoms with Gasteiger partial charge in [0.1, 0.15) is 5.69 Å². The summed E-state index contributed by atoms with van der Waals surface area (Å²) in [5.41, 5.74) is 2.23. The first-order valence-corrected chi connectivity index (χ1v) is 11.4. The van der Waals surface area contributed by atoms with Crippen LogP contribution in [-0.2, 0) is 0 Å². The van der Waals surface area contributed by atoms with Gasteiger partial charge >= 0.3 is 0 Å². The minimum Gasteiger partial charge on any atom is -0.494 e. The van der Waals surface area contributed by atoms with Crippen molar-refractivity contribution < 1.29 is 13.5 Å². The molecule has 6 aromatic rings. The Morgan fingerprint density at radius 1 is 1.09 bits per heavy atom. The smallest absolute Gasteiger partial charge is 0.291 e. The van der Waals surface area contributed by atoms with Gasteiger partial charge in [-0.2, -0.15) is 14.6 Å². The quantitative estimate of drug-likeness (QED) is 0.367. The van der Waals surface area contributed by atoms with E-state index in [0.717, 1.165) is 5.69 Å². The average Bonchev–Trinajstić information content (AvgIpc) is 3.66. The van der Waals surface area contributed by atoms with Crippen molar-refractivity contribution >= 4 is 22.4 Å². The normalized spacial score (nSPS) is 12.0. The third kappa shape index (κ3) is 3.69. The van der Waals surface area contributed by atoms with Crippen LogP contribution < -0.4 is 14.8 Å². The summed E-state index contributed by atoms with van der Waals surface area (Å²) in [6.45, 7) is 0. The van der Waals surface area contributed by atoms with E-state index in [4.69, 9.17) is 14.3 Å². The SMILES string of the molecule is COc1ccc(-c2nn(-c3ccccc3)cc2/C=c2\sc3nc(-c4ccco4)nn3c2=O)cc1F. The third-order valence-electron chi connectivity index (χ3n) is 5.40. The molecule has 35 heavy (non-hydrogen) atoms. The molecule has 0 spiro atoms. The maximum Gasteiger partial charge on any atom is 0.291 e. The van der Waals surface area contributed by atoms with E-state index in [1.54, 1.807) is 41.2 Å². The first kappa shape index (κ1) is 21.0. The summed E-state index contributed by atoms with van der Waals surface area (Å²) in [4.78, 5) is 17.9. The van der Waals surface area contributed by atoms with E-state index in [9.17, 15) is 9.18 Å². The molecule has 0 amide bonds. The molecular formula is C25H16FN5O3S. The van der Waals surface area contributed by atoms with Gasteiger partial charge in [-0.25, -0.2) is 9.07 Å². The summed E-state index contributed by atoms with van der Waals surface area (Å²) >= 11 is 1.20. The minimum absolute atomic E-state index is 0.140. The molecule has 0 radical (unpaired) electrons. The maximum absolute atomic E-state index is 14.5. The lowest BCUT2D eigenvalue weighted by atomic mass is 10.1. The molecule has 0 atom stereocenters. The Bertz CT molecular complexity index is 1770. The number of rotatable bonds is 5. The van der Waals surface area contributed by atoms with Crippen LogP contribution in [0.25, 0.3) is 39.6 Å². The fourth-order valence-electron chi connectivity index (χ4n) is 3.73. The molecule has 0 aliphatic heterocycles. The zero-order valence-electron chi connectivity index (χ0n) is 18.3. The molecule has 4 aromatic heterocycles.